The zero-order valence-electron chi connectivity index (χ0n) is 19.0. The maximum Gasteiger partial charge on any atom is 0.573 e. The first-order valence-corrected chi connectivity index (χ1v) is 10.8. The molecule has 1 aliphatic heterocycles. The molecule has 3 heterocycles. The molecule has 0 saturated heterocycles. The Bertz CT molecular complexity index is 1530. The molecule has 1 unspecified atom stereocenters. The molecule has 188 valence electrons. The van der Waals surface area contributed by atoms with Crippen LogP contribution in [-0.2, 0) is 4.79 Å². The molecule has 2 aromatic carbocycles. The molecular formula is C26H17F3N2O6. The number of benzene rings is 2. The molecule has 11 heteroatoms. The van der Waals surface area contributed by atoms with Crippen LogP contribution in [0.4, 0.5) is 18.9 Å². The van der Waals surface area contributed by atoms with E-state index in [1.165, 1.54) is 37.7 Å². The zero-order chi connectivity index (χ0) is 26.3. The van der Waals surface area contributed by atoms with Gasteiger partial charge in [-0.05, 0) is 54.1 Å². The van der Waals surface area contributed by atoms with E-state index in [-0.39, 0.29) is 17.0 Å². The predicted octanol–water partition coefficient (Wildman–Crippen LogP) is 5.52. The van der Waals surface area contributed by atoms with Gasteiger partial charge >= 0.3 is 6.36 Å². The van der Waals surface area contributed by atoms with E-state index >= 15 is 0 Å². The van der Waals surface area contributed by atoms with Crippen molar-refractivity contribution in [2.45, 2.75) is 12.4 Å². The van der Waals surface area contributed by atoms with Gasteiger partial charge in [0.25, 0.3) is 5.91 Å². The molecule has 8 nitrogen and oxygen atoms in total. The third-order valence-corrected chi connectivity index (χ3v) is 5.77. The number of alkyl halides is 3. The number of pyridine rings is 1. The van der Waals surface area contributed by atoms with Gasteiger partial charge in [-0.2, -0.15) is 0 Å². The maximum atomic E-state index is 13.7. The highest BCUT2D eigenvalue weighted by atomic mass is 19.4. The fraction of sp³-hybridized carbons (Fsp3) is 0.115. The number of carbonyl (C=O) groups excluding carboxylic acids is 2. The van der Waals surface area contributed by atoms with Gasteiger partial charge in [-0.25, -0.2) is 0 Å². The normalized spacial score (nSPS) is 15.9. The standard InChI is InChI=1S/C26H17F3N2O6/c1-35-18-4-2-3-15-13-19(36-24(15)18)22(32)20-21(14-9-11-30-12-10-14)31(25(34)23(20)33)16-5-7-17(8-6-16)37-26(27,28)29/h2-13,21,33H,1H3. The molecule has 1 amide bonds. The SMILES string of the molecule is COc1cccc2cc(C(=O)C3=C(O)C(=O)N(c4ccc(OC(F)(F)F)cc4)C3c3ccncc3)oc12. The molecule has 0 radical (unpaired) electrons. The van der Waals surface area contributed by atoms with Crippen LogP contribution in [0.25, 0.3) is 11.0 Å². The number of halogens is 3. The number of anilines is 1. The van der Waals surface area contributed by atoms with Crippen LogP contribution in [0.15, 0.2) is 88.8 Å². The topological polar surface area (TPSA) is 102 Å². The number of Topliss-reactive ketones (excluding diaryl/α,β-unsaturated/α-hetero) is 1. The van der Waals surface area contributed by atoms with Crippen molar-refractivity contribution < 1.29 is 41.8 Å². The fourth-order valence-corrected chi connectivity index (χ4v) is 4.21. The molecule has 0 aliphatic carbocycles. The number of aromatic nitrogens is 1. The largest absolute Gasteiger partial charge is 0.573 e. The summed E-state index contributed by atoms with van der Waals surface area (Å²) < 4.78 is 52.7. The third kappa shape index (κ3) is 4.35. The lowest BCUT2D eigenvalue weighted by molar-refractivity contribution is -0.274. The van der Waals surface area contributed by atoms with Gasteiger partial charge in [0, 0.05) is 23.5 Å². The Morgan fingerprint density at radius 2 is 1.78 bits per heavy atom. The lowest BCUT2D eigenvalue weighted by atomic mass is 9.95. The van der Waals surface area contributed by atoms with Crippen molar-refractivity contribution in [2.24, 2.45) is 0 Å². The Morgan fingerprint density at radius 3 is 2.43 bits per heavy atom. The van der Waals surface area contributed by atoms with E-state index in [2.05, 4.69) is 9.72 Å². The van der Waals surface area contributed by atoms with Gasteiger partial charge in [0.15, 0.2) is 22.9 Å². The van der Waals surface area contributed by atoms with E-state index in [9.17, 15) is 27.9 Å². The zero-order valence-corrected chi connectivity index (χ0v) is 19.0. The molecule has 1 atom stereocenters. The van der Waals surface area contributed by atoms with E-state index in [0.717, 1.165) is 17.0 Å². The number of aliphatic hydroxyl groups is 1. The molecular weight excluding hydrogens is 493 g/mol. The summed E-state index contributed by atoms with van der Waals surface area (Å²) in [6, 6.07) is 13.1. The highest BCUT2D eigenvalue weighted by molar-refractivity contribution is 6.20. The minimum atomic E-state index is -4.89. The molecule has 2 aromatic heterocycles. The summed E-state index contributed by atoms with van der Waals surface area (Å²) in [7, 11) is 1.45. The Balaban J connectivity index is 1.58. The van der Waals surface area contributed by atoms with Crippen molar-refractivity contribution in [3.63, 3.8) is 0 Å². The summed E-state index contributed by atoms with van der Waals surface area (Å²) in [5, 5.41) is 11.4. The first-order chi connectivity index (χ1) is 17.7. The Hall–Kier alpha value is -4.80. The fourth-order valence-electron chi connectivity index (χ4n) is 4.21. The van der Waals surface area contributed by atoms with Crippen LogP contribution in [0.2, 0.25) is 0 Å². The molecule has 4 aromatic rings. The quantitative estimate of drug-likeness (QED) is 0.341. The molecule has 0 fully saturated rings. The lowest BCUT2D eigenvalue weighted by Crippen LogP contribution is -2.31. The van der Waals surface area contributed by atoms with Gasteiger partial charge in [0.1, 0.15) is 5.75 Å². The number of ketones is 1. The Kier molecular flexibility index (Phi) is 5.82. The van der Waals surface area contributed by atoms with E-state index in [1.54, 1.807) is 30.3 Å². The van der Waals surface area contributed by atoms with E-state index < -0.39 is 35.6 Å². The summed E-state index contributed by atoms with van der Waals surface area (Å²) in [5.41, 5.74) is 0.613. The van der Waals surface area contributed by atoms with Crippen molar-refractivity contribution >= 4 is 28.3 Å². The predicted molar refractivity (Wildman–Crippen MR) is 124 cm³/mol. The number of methoxy groups -OCH3 is 1. The third-order valence-electron chi connectivity index (χ3n) is 5.77. The molecule has 5 rings (SSSR count). The first kappa shape index (κ1) is 23.9. The second-order valence-electron chi connectivity index (χ2n) is 7.98. The van der Waals surface area contributed by atoms with Gasteiger partial charge in [-0.3, -0.25) is 19.5 Å². The van der Waals surface area contributed by atoms with Crippen LogP contribution >= 0.6 is 0 Å². The van der Waals surface area contributed by atoms with Gasteiger partial charge in [0.2, 0.25) is 5.78 Å². The Labute approximate surface area is 207 Å². The highest BCUT2D eigenvalue weighted by Gasteiger charge is 2.45. The maximum absolute atomic E-state index is 13.7. The molecule has 0 saturated carbocycles. The summed E-state index contributed by atoms with van der Waals surface area (Å²) in [4.78, 5) is 31.9. The second-order valence-corrected chi connectivity index (χ2v) is 7.98. The number of nitrogens with zero attached hydrogens (tertiary/aromatic N) is 2. The van der Waals surface area contributed by atoms with Gasteiger partial charge in [-0.1, -0.05) is 12.1 Å². The smallest absolute Gasteiger partial charge is 0.503 e. The molecule has 0 bridgehead atoms. The number of hydrogen-bond acceptors (Lipinski definition) is 7. The van der Waals surface area contributed by atoms with Crippen LogP contribution in [0.1, 0.15) is 22.2 Å². The number of hydrogen-bond donors (Lipinski definition) is 1. The Morgan fingerprint density at radius 1 is 1.08 bits per heavy atom. The summed E-state index contributed by atoms with van der Waals surface area (Å²) in [6.45, 7) is 0. The molecule has 1 aliphatic rings. The molecule has 37 heavy (non-hydrogen) atoms. The monoisotopic (exact) mass is 510 g/mol. The van der Waals surface area contributed by atoms with Crippen molar-refractivity contribution in [2.75, 3.05) is 12.0 Å². The van der Waals surface area contributed by atoms with Crippen LogP contribution in [0.3, 0.4) is 0 Å². The minimum absolute atomic E-state index is 0.127. The van der Waals surface area contributed by atoms with Crippen molar-refractivity contribution in [3.05, 3.63) is 95.7 Å². The van der Waals surface area contributed by atoms with Crippen molar-refractivity contribution in [1.82, 2.24) is 4.98 Å². The average molecular weight is 510 g/mol. The number of carbonyl (C=O) groups is 2. The average Bonchev–Trinajstić information content (AvgIpc) is 3.43. The summed E-state index contributed by atoms with van der Waals surface area (Å²) in [5.74, 6) is -2.70. The van der Waals surface area contributed by atoms with Gasteiger partial charge < -0.3 is 19.0 Å². The molecule has 0 spiro atoms. The van der Waals surface area contributed by atoms with E-state index in [0.29, 0.717) is 22.3 Å². The number of aliphatic hydroxyl groups excluding tert-OH is 1. The lowest BCUT2D eigenvalue weighted by Gasteiger charge is -2.26. The molecule has 1 N–H and O–H groups in total. The number of rotatable bonds is 6. The second kappa shape index (κ2) is 9.01. The van der Waals surface area contributed by atoms with Crippen molar-refractivity contribution in [1.29, 1.82) is 0 Å². The van der Waals surface area contributed by atoms with Crippen molar-refractivity contribution in [3.8, 4) is 11.5 Å². The van der Waals surface area contributed by atoms with E-state index in [4.69, 9.17) is 9.15 Å². The van der Waals surface area contributed by atoms with Gasteiger partial charge in [0.05, 0.1) is 18.7 Å². The van der Waals surface area contributed by atoms with Crippen LogP contribution in [0, 0.1) is 0 Å². The minimum Gasteiger partial charge on any atom is -0.503 e. The van der Waals surface area contributed by atoms with Gasteiger partial charge in [-0.15, -0.1) is 13.2 Å². The van der Waals surface area contributed by atoms with E-state index in [1.807, 2.05) is 0 Å². The van der Waals surface area contributed by atoms with Crippen LogP contribution in [-0.4, -0.2) is 35.3 Å². The number of ether oxygens (including phenoxy) is 2. The summed E-state index contributed by atoms with van der Waals surface area (Å²) >= 11 is 0. The van der Waals surface area contributed by atoms with Crippen LogP contribution in [0.5, 0.6) is 11.5 Å². The summed E-state index contributed by atoms with van der Waals surface area (Å²) in [6.07, 6.45) is -2.00. The number of para-hydroxylation sites is 1. The van der Waals surface area contributed by atoms with Crippen LogP contribution < -0.4 is 14.4 Å². The first-order valence-electron chi connectivity index (χ1n) is 10.8. The number of furan rings is 1. The number of amides is 1. The highest BCUT2D eigenvalue weighted by Crippen LogP contribution is 2.43. The number of fused-ring (bicyclic) bond motifs is 1.